The van der Waals surface area contributed by atoms with E-state index in [1.807, 2.05) is 36.4 Å². The van der Waals surface area contributed by atoms with Crippen LogP contribution in [0.25, 0.3) is 0 Å². The lowest BCUT2D eigenvalue weighted by molar-refractivity contribution is 0.0937. The molecule has 24 heavy (non-hydrogen) atoms. The summed E-state index contributed by atoms with van der Waals surface area (Å²) in [6, 6.07) is 11.0. The van der Waals surface area contributed by atoms with Crippen LogP contribution < -0.4 is 11.1 Å². The van der Waals surface area contributed by atoms with Gasteiger partial charge in [-0.15, -0.1) is 10.2 Å². The first-order valence-electron chi connectivity index (χ1n) is 7.70. The summed E-state index contributed by atoms with van der Waals surface area (Å²) in [5, 5.41) is 19.0. The molecule has 0 spiro atoms. The lowest BCUT2D eigenvalue weighted by atomic mass is 10.1. The predicted octanol–water partition coefficient (Wildman–Crippen LogP) is 2.24. The van der Waals surface area contributed by atoms with Crippen LogP contribution in [0.15, 0.2) is 36.4 Å². The monoisotopic (exact) mass is 340 g/mol. The average Bonchev–Trinajstić information content (AvgIpc) is 3.17. The number of hydrogen-bond acceptors (Lipinski definition) is 6. The molecule has 1 saturated carbocycles. The van der Waals surface area contributed by atoms with Crippen LogP contribution in [-0.2, 0) is 0 Å². The first-order chi connectivity index (χ1) is 11.7. The Morgan fingerprint density at radius 3 is 2.75 bits per heavy atom. The van der Waals surface area contributed by atoms with Gasteiger partial charge in [0.15, 0.2) is 0 Å². The minimum atomic E-state index is -0.408. The third-order valence-corrected chi connectivity index (χ3v) is 4.78. The zero-order valence-electron chi connectivity index (χ0n) is 12.8. The van der Waals surface area contributed by atoms with Crippen LogP contribution in [0.5, 0.6) is 0 Å². The van der Waals surface area contributed by atoms with Crippen LogP contribution in [0.1, 0.15) is 51.6 Å². The number of aromatic amines is 1. The zero-order valence-corrected chi connectivity index (χ0v) is 13.6. The second kappa shape index (κ2) is 6.04. The van der Waals surface area contributed by atoms with Crippen molar-refractivity contribution < 1.29 is 4.79 Å². The normalized spacial score (nSPS) is 15.2. The number of nitrogens with one attached hydrogen (secondary N) is 2. The Bertz CT molecular complexity index is 854. The number of rotatable bonds is 5. The van der Waals surface area contributed by atoms with Gasteiger partial charge in [0.1, 0.15) is 16.7 Å². The molecule has 1 amide bonds. The van der Waals surface area contributed by atoms with Crippen molar-refractivity contribution in [3.05, 3.63) is 58.4 Å². The van der Waals surface area contributed by atoms with Gasteiger partial charge in [0.2, 0.25) is 5.13 Å². The van der Waals surface area contributed by atoms with Gasteiger partial charge in [-0.25, -0.2) is 0 Å². The summed E-state index contributed by atoms with van der Waals surface area (Å²) in [4.78, 5) is 12.6. The average molecular weight is 340 g/mol. The number of carbonyl (C=O) groups excluding carboxylic acids is 1. The molecule has 1 fully saturated rings. The molecule has 0 aliphatic heterocycles. The van der Waals surface area contributed by atoms with Gasteiger partial charge in [0, 0.05) is 11.6 Å². The highest BCUT2D eigenvalue weighted by molar-refractivity contribution is 7.15. The van der Waals surface area contributed by atoms with E-state index in [9.17, 15) is 4.79 Å². The largest absolute Gasteiger partial charge is 0.374 e. The minimum absolute atomic E-state index is 0.249. The number of carbonyl (C=O) groups is 1. The summed E-state index contributed by atoms with van der Waals surface area (Å²) >= 11 is 1.26. The molecule has 2 aromatic heterocycles. The lowest BCUT2D eigenvalue weighted by Gasteiger charge is -2.15. The number of H-pyrrole nitrogens is 1. The van der Waals surface area contributed by atoms with E-state index in [0.717, 1.165) is 24.1 Å². The number of nitrogen functional groups attached to an aromatic ring is 1. The van der Waals surface area contributed by atoms with Crippen molar-refractivity contribution in [3.8, 4) is 0 Å². The Labute approximate surface area is 142 Å². The summed E-state index contributed by atoms with van der Waals surface area (Å²) in [5.41, 5.74) is 8.02. The van der Waals surface area contributed by atoms with E-state index in [1.165, 1.54) is 11.3 Å². The molecule has 2 heterocycles. The smallest absolute Gasteiger partial charge is 0.272 e. The molecule has 7 nitrogen and oxygen atoms in total. The molecule has 0 bridgehead atoms. The summed E-state index contributed by atoms with van der Waals surface area (Å²) in [6.45, 7) is 0. The molecular formula is C16H16N6OS. The topological polar surface area (TPSA) is 110 Å². The first-order valence-corrected chi connectivity index (χ1v) is 8.52. The highest BCUT2D eigenvalue weighted by atomic mass is 32.1. The fourth-order valence-electron chi connectivity index (χ4n) is 2.56. The third-order valence-electron chi connectivity index (χ3n) is 3.96. The molecular weight excluding hydrogens is 324 g/mol. The van der Waals surface area contributed by atoms with Crippen LogP contribution in [0.2, 0.25) is 0 Å². The van der Waals surface area contributed by atoms with Gasteiger partial charge in [0.05, 0.1) is 0 Å². The fourth-order valence-corrected chi connectivity index (χ4v) is 3.25. The van der Waals surface area contributed by atoms with E-state index >= 15 is 0 Å². The van der Waals surface area contributed by atoms with Crippen molar-refractivity contribution in [2.45, 2.75) is 24.8 Å². The molecule has 4 N–H and O–H groups in total. The van der Waals surface area contributed by atoms with E-state index in [0.29, 0.717) is 21.8 Å². The second-order valence-corrected chi connectivity index (χ2v) is 6.82. The fraction of sp³-hybridized carbons (Fsp3) is 0.250. The van der Waals surface area contributed by atoms with Crippen LogP contribution in [0, 0.1) is 0 Å². The van der Waals surface area contributed by atoms with E-state index < -0.39 is 6.04 Å². The number of nitrogens with two attached hydrogens (primary N) is 1. The number of anilines is 1. The predicted molar refractivity (Wildman–Crippen MR) is 90.6 cm³/mol. The Morgan fingerprint density at radius 2 is 2.08 bits per heavy atom. The minimum Gasteiger partial charge on any atom is -0.374 e. The molecule has 3 aromatic rings. The summed E-state index contributed by atoms with van der Waals surface area (Å²) in [5.74, 6) is 0.271. The summed E-state index contributed by atoms with van der Waals surface area (Å²) in [6.07, 6.45) is 2.31. The van der Waals surface area contributed by atoms with Gasteiger partial charge in [-0.05, 0) is 24.5 Å². The van der Waals surface area contributed by atoms with E-state index in [2.05, 4.69) is 25.7 Å². The Kier molecular flexibility index (Phi) is 3.73. The van der Waals surface area contributed by atoms with Gasteiger partial charge in [-0.3, -0.25) is 9.89 Å². The molecule has 0 saturated heterocycles. The quantitative estimate of drug-likeness (QED) is 0.660. The van der Waals surface area contributed by atoms with Gasteiger partial charge in [-0.1, -0.05) is 41.7 Å². The number of benzene rings is 1. The Morgan fingerprint density at radius 1 is 1.29 bits per heavy atom. The number of hydrogen-bond donors (Lipinski definition) is 3. The van der Waals surface area contributed by atoms with Crippen molar-refractivity contribution in [2.24, 2.45) is 0 Å². The van der Waals surface area contributed by atoms with Crippen LogP contribution >= 0.6 is 11.3 Å². The molecule has 8 heteroatoms. The molecule has 1 aromatic carbocycles. The first kappa shape index (κ1) is 14.8. The van der Waals surface area contributed by atoms with Crippen molar-refractivity contribution in [1.82, 2.24) is 25.7 Å². The van der Waals surface area contributed by atoms with Crippen molar-refractivity contribution >= 4 is 22.4 Å². The maximum absolute atomic E-state index is 12.6. The van der Waals surface area contributed by atoms with Crippen molar-refractivity contribution in [1.29, 1.82) is 0 Å². The molecule has 1 atom stereocenters. The maximum atomic E-state index is 12.6. The standard InChI is InChI=1S/C16H16N6OS/c17-16-22-21-15(24-16)13(10-4-2-1-3-5-10)18-14(23)12-8-11(19-20-12)9-6-7-9/h1-5,8-9,13H,6-7H2,(H2,17,22)(H,18,23)(H,19,20). The molecule has 122 valence electrons. The van der Waals surface area contributed by atoms with Crippen LogP contribution in [-0.4, -0.2) is 26.3 Å². The molecule has 1 unspecified atom stereocenters. The van der Waals surface area contributed by atoms with Gasteiger partial charge < -0.3 is 11.1 Å². The molecule has 1 aliphatic rings. The second-order valence-electron chi connectivity index (χ2n) is 5.78. The van der Waals surface area contributed by atoms with E-state index in [1.54, 1.807) is 0 Å². The molecule has 1 aliphatic carbocycles. The molecule has 4 rings (SSSR count). The van der Waals surface area contributed by atoms with Crippen molar-refractivity contribution in [3.63, 3.8) is 0 Å². The van der Waals surface area contributed by atoms with Crippen LogP contribution in [0.4, 0.5) is 5.13 Å². The number of nitrogens with zero attached hydrogens (tertiary/aromatic N) is 3. The van der Waals surface area contributed by atoms with Gasteiger partial charge in [0.25, 0.3) is 5.91 Å². The van der Waals surface area contributed by atoms with Gasteiger partial charge in [-0.2, -0.15) is 5.10 Å². The summed E-state index contributed by atoms with van der Waals surface area (Å²) in [7, 11) is 0. The number of aromatic nitrogens is 4. The highest BCUT2D eigenvalue weighted by Gasteiger charge is 2.27. The van der Waals surface area contributed by atoms with Crippen LogP contribution in [0.3, 0.4) is 0 Å². The Hall–Kier alpha value is -2.74. The van der Waals surface area contributed by atoms with Crippen molar-refractivity contribution in [2.75, 3.05) is 5.73 Å². The SMILES string of the molecule is Nc1nnc(C(NC(=O)c2cc(C3CC3)[nH]n2)c2ccccc2)s1. The van der Waals surface area contributed by atoms with E-state index in [4.69, 9.17) is 5.73 Å². The molecule has 0 radical (unpaired) electrons. The Balaban J connectivity index is 1.59. The van der Waals surface area contributed by atoms with E-state index in [-0.39, 0.29) is 5.91 Å². The maximum Gasteiger partial charge on any atom is 0.272 e. The number of amides is 1. The highest BCUT2D eigenvalue weighted by Crippen LogP contribution is 2.39. The third kappa shape index (κ3) is 3.00. The summed E-state index contributed by atoms with van der Waals surface area (Å²) < 4.78 is 0. The van der Waals surface area contributed by atoms with Gasteiger partial charge >= 0.3 is 0 Å². The lowest BCUT2D eigenvalue weighted by Crippen LogP contribution is -2.29. The zero-order chi connectivity index (χ0) is 16.5.